The molecule has 8 heteroatoms. The summed E-state index contributed by atoms with van der Waals surface area (Å²) in [6, 6.07) is 8.94. The number of alkyl halides is 3. The number of benzene rings is 1. The summed E-state index contributed by atoms with van der Waals surface area (Å²) in [5.74, 6) is -0.743. The zero-order chi connectivity index (χ0) is 17.6. The Bertz CT molecular complexity index is 608. The van der Waals surface area contributed by atoms with E-state index in [0.717, 1.165) is 5.56 Å². The third-order valence-corrected chi connectivity index (χ3v) is 4.24. The van der Waals surface area contributed by atoms with E-state index in [1.807, 2.05) is 12.1 Å². The lowest BCUT2D eigenvalue weighted by atomic mass is 9.85. The van der Waals surface area contributed by atoms with Crippen LogP contribution in [-0.4, -0.2) is 25.2 Å². The molecule has 0 spiro atoms. The van der Waals surface area contributed by atoms with Crippen molar-refractivity contribution in [2.24, 2.45) is 10.9 Å². The molecule has 138 valence electrons. The molecular weight excluding hydrogens is 444 g/mol. The molecule has 0 radical (unpaired) electrons. The Morgan fingerprint density at radius 1 is 1.28 bits per heavy atom. The molecule has 1 aromatic rings. The topological polar surface area (TPSA) is 60.2 Å². The minimum atomic E-state index is -4.13. The second kappa shape index (κ2) is 9.85. The Kier molecular flexibility index (Phi) is 8.48. The first-order valence-corrected chi connectivity index (χ1v) is 7.95. The molecule has 0 bridgehead atoms. The molecule has 0 saturated heterocycles. The molecule has 0 heterocycles. The minimum Gasteiger partial charge on any atom is -0.354 e. The molecule has 2 N–H and O–H groups in total. The van der Waals surface area contributed by atoms with Gasteiger partial charge in [-0.15, -0.1) is 24.0 Å². The van der Waals surface area contributed by atoms with Crippen molar-refractivity contribution in [2.75, 3.05) is 7.05 Å². The number of nitriles is 1. The van der Waals surface area contributed by atoms with Crippen LogP contribution in [0.2, 0.25) is 0 Å². The Morgan fingerprint density at radius 2 is 1.96 bits per heavy atom. The smallest absolute Gasteiger partial charge is 0.354 e. The molecule has 1 fully saturated rings. The van der Waals surface area contributed by atoms with Crippen molar-refractivity contribution in [3.05, 3.63) is 35.4 Å². The maximum Gasteiger partial charge on any atom is 0.391 e. The van der Waals surface area contributed by atoms with Crippen LogP contribution in [0.4, 0.5) is 13.2 Å². The van der Waals surface area contributed by atoms with Gasteiger partial charge in [0.1, 0.15) is 0 Å². The highest BCUT2D eigenvalue weighted by Crippen LogP contribution is 2.37. The quantitative estimate of drug-likeness (QED) is 0.403. The highest BCUT2D eigenvalue weighted by atomic mass is 127. The number of halogens is 4. The molecule has 0 aromatic heterocycles. The Morgan fingerprint density at radius 3 is 2.52 bits per heavy atom. The molecular formula is C17H22F3IN4. The summed E-state index contributed by atoms with van der Waals surface area (Å²) in [6.07, 6.45) is -2.56. The fourth-order valence-electron chi connectivity index (χ4n) is 2.89. The molecule has 2 rings (SSSR count). The molecule has 1 aliphatic rings. The summed E-state index contributed by atoms with van der Waals surface area (Å²) < 4.78 is 38.6. The minimum absolute atomic E-state index is 0. The van der Waals surface area contributed by atoms with Crippen molar-refractivity contribution in [1.82, 2.24) is 10.6 Å². The molecule has 1 saturated carbocycles. The standard InChI is InChI=1S/C17H21F3N4.HI/c1-22-16(23-11-13-7-5-12(10-21)6-8-13)24-15-4-2-3-14(9-15)17(18,19)20;/h5-8,14-15H,2-4,9,11H2,1H3,(H2,22,23,24);1H. The average molecular weight is 466 g/mol. The molecule has 0 aliphatic heterocycles. The Labute approximate surface area is 162 Å². The van der Waals surface area contributed by atoms with Gasteiger partial charge >= 0.3 is 6.18 Å². The fraction of sp³-hybridized carbons (Fsp3) is 0.529. The molecule has 4 nitrogen and oxygen atoms in total. The van der Waals surface area contributed by atoms with E-state index < -0.39 is 12.1 Å². The first-order chi connectivity index (χ1) is 11.4. The van der Waals surface area contributed by atoms with Gasteiger partial charge in [0.15, 0.2) is 5.96 Å². The van der Waals surface area contributed by atoms with Gasteiger partial charge in [-0.05, 0) is 37.0 Å². The van der Waals surface area contributed by atoms with E-state index in [0.29, 0.717) is 30.9 Å². The number of hydrogen-bond acceptors (Lipinski definition) is 2. The lowest BCUT2D eigenvalue weighted by Gasteiger charge is -2.31. The van der Waals surface area contributed by atoms with Crippen LogP contribution in [0.5, 0.6) is 0 Å². The van der Waals surface area contributed by atoms with Crippen molar-refractivity contribution < 1.29 is 13.2 Å². The average Bonchev–Trinajstić information content (AvgIpc) is 2.58. The molecule has 2 unspecified atom stereocenters. The van der Waals surface area contributed by atoms with Crippen LogP contribution in [0.3, 0.4) is 0 Å². The molecule has 2 atom stereocenters. The van der Waals surface area contributed by atoms with Gasteiger partial charge in [0.25, 0.3) is 0 Å². The van der Waals surface area contributed by atoms with Gasteiger partial charge in [-0.2, -0.15) is 18.4 Å². The van der Waals surface area contributed by atoms with Crippen molar-refractivity contribution in [1.29, 1.82) is 5.26 Å². The van der Waals surface area contributed by atoms with E-state index in [2.05, 4.69) is 21.7 Å². The predicted molar refractivity (Wildman–Crippen MR) is 102 cm³/mol. The number of nitrogens with one attached hydrogen (secondary N) is 2. The summed E-state index contributed by atoms with van der Waals surface area (Å²) in [5, 5.41) is 15.0. The normalized spacial score (nSPS) is 21.0. The number of hydrogen-bond donors (Lipinski definition) is 2. The second-order valence-corrected chi connectivity index (χ2v) is 5.98. The van der Waals surface area contributed by atoms with E-state index in [-0.39, 0.29) is 42.9 Å². The van der Waals surface area contributed by atoms with Crippen LogP contribution in [0.1, 0.15) is 36.8 Å². The predicted octanol–water partition coefficient (Wildman–Crippen LogP) is 3.96. The first-order valence-electron chi connectivity index (χ1n) is 7.95. The molecule has 25 heavy (non-hydrogen) atoms. The van der Waals surface area contributed by atoms with E-state index >= 15 is 0 Å². The number of guanidine groups is 1. The van der Waals surface area contributed by atoms with Crippen molar-refractivity contribution in [3.8, 4) is 6.07 Å². The Hall–Kier alpha value is -1.50. The summed E-state index contributed by atoms with van der Waals surface area (Å²) in [6.45, 7) is 0.487. The van der Waals surface area contributed by atoms with Crippen molar-refractivity contribution >= 4 is 29.9 Å². The molecule has 1 aromatic carbocycles. The van der Waals surface area contributed by atoms with Crippen LogP contribution < -0.4 is 10.6 Å². The van der Waals surface area contributed by atoms with E-state index in [1.165, 1.54) is 0 Å². The van der Waals surface area contributed by atoms with E-state index in [1.54, 1.807) is 19.2 Å². The third kappa shape index (κ3) is 6.72. The number of rotatable bonds is 3. The van der Waals surface area contributed by atoms with Gasteiger partial charge in [0.05, 0.1) is 17.6 Å². The zero-order valence-corrected chi connectivity index (χ0v) is 16.3. The second-order valence-electron chi connectivity index (χ2n) is 5.98. The van der Waals surface area contributed by atoms with Crippen LogP contribution in [0.15, 0.2) is 29.3 Å². The molecule has 1 aliphatic carbocycles. The van der Waals surface area contributed by atoms with Crippen LogP contribution in [0, 0.1) is 17.2 Å². The summed E-state index contributed by atoms with van der Waals surface area (Å²) in [7, 11) is 1.60. The monoisotopic (exact) mass is 466 g/mol. The number of nitrogens with zero attached hydrogens (tertiary/aromatic N) is 2. The molecule has 0 amide bonds. The first kappa shape index (κ1) is 21.5. The third-order valence-electron chi connectivity index (χ3n) is 4.24. The van der Waals surface area contributed by atoms with Gasteiger partial charge in [-0.1, -0.05) is 18.6 Å². The van der Waals surface area contributed by atoms with E-state index in [9.17, 15) is 13.2 Å². The maximum atomic E-state index is 12.9. The van der Waals surface area contributed by atoms with Gasteiger partial charge in [-0.3, -0.25) is 4.99 Å². The largest absolute Gasteiger partial charge is 0.391 e. The van der Waals surface area contributed by atoms with Gasteiger partial charge in [0, 0.05) is 19.6 Å². The van der Waals surface area contributed by atoms with Crippen LogP contribution >= 0.6 is 24.0 Å². The number of aliphatic imine (C=N–C) groups is 1. The van der Waals surface area contributed by atoms with Gasteiger partial charge in [0.2, 0.25) is 0 Å². The lowest BCUT2D eigenvalue weighted by molar-refractivity contribution is -0.183. The Balaban J connectivity index is 0.00000312. The van der Waals surface area contributed by atoms with Crippen LogP contribution in [-0.2, 0) is 6.54 Å². The van der Waals surface area contributed by atoms with Gasteiger partial charge < -0.3 is 10.6 Å². The zero-order valence-electron chi connectivity index (χ0n) is 13.9. The van der Waals surface area contributed by atoms with E-state index in [4.69, 9.17) is 5.26 Å². The summed E-state index contributed by atoms with van der Waals surface area (Å²) >= 11 is 0. The maximum absolute atomic E-state index is 12.9. The van der Waals surface area contributed by atoms with Crippen LogP contribution in [0.25, 0.3) is 0 Å². The lowest BCUT2D eigenvalue weighted by Crippen LogP contribution is -2.46. The summed E-state index contributed by atoms with van der Waals surface area (Å²) in [4.78, 5) is 4.08. The highest BCUT2D eigenvalue weighted by Gasteiger charge is 2.42. The van der Waals surface area contributed by atoms with Crippen molar-refractivity contribution in [3.63, 3.8) is 0 Å². The fourth-order valence-corrected chi connectivity index (χ4v) is 2.89. The summed E-state index contributed by atoms with van der Waals surface area (Å²) in [5.41, 5.74) is 1.55. The van der Waals surface area contributed by atoms with Gasteiger partial charge in [-0.25, -0.2) is 0 Å². The highest BCUT2D eigenvalue weighted by molar-refractivity contribution is 14.0. The SMILES string of the molecule is CN=C(NCc1ccc(C#N)cc1)NC1CCCC(C(F)(F)F)C1.I. The van der Waals surface area contributed by atoms with Crippen molar-refractivity contribution in [2.45, 2.75) is 44.4 Å².